The zero-order valence-electron chi connectivity index (χ0n) is 29.6. The van der Waals surface area contributed by atoms with E-state index in [0.29, 0.717) is 16.3 Å². The number of nitriles is 1. The van der Waals surface area contributed by atoms with Gasteiger partial charge in [0.15, 0.2) is 0 Å². The monoisotopic (exact) mass is 714 g/mol. The molecule has 2 aromatic carbocycles. The van der Waals surface area contributed by atoms with Crippen LogP contribution in [0.1, 0.15) is 134 Å². The Hall–Kier alpha value is -2.73. The van der Waals surface area contributed by atoms with Crippen LogP contribution in [0, 0.1) is 11.3 Å². The average Bonchev–Trinajstić information content (AvgIpc) is 3.66. The van der Waals surface area contributed by atoms with Crippen LogP contribution in [0.2, 0.25) is 5.02 Å². The summed E-state index contributed by atoms with van der Waals surface area (Å²) in [5.41, 5.74) is 1.93. The van der Waals surface area contributed by atoms with E-state index in [0.717, 1.165) is 24.8 Å². The molecule has 1 unspecified atom stereocenters. The van der Waals surface area contributed by atoms with Gasteiger partial charge < -0.3 is 9.26 Å². The van der Waals surface area contributed by atoms with Crippen LogP contribution in [-0.4, -0.2) is 34.6 Å². The maximum absolute atomic E-state index is 13.3. The number of hydrogen-bond acceptors (Lipinski definition) is 8. The largest absolute Gasteiger partial charge is 0.529 e. The van der Waals surface area contributed by atoms with Gasteiger partial charge in [-0.05, 0) is 36.2 Å². The SMILES string of the molecule is CCCCCCCCCCCCCCCCCCC[C@H](COP(=O)(OC)Oc1ccccc1Cl)OCc1ccc(-n2cncn2)c(C#N)c1. The highest BCUT2D eigenvalue weighted by Crippen LogP contribution is 2.50. The predicted molar refractivity (Wildman–Crippen MR) is 196 cm³/mol. The number of halogens is 1. The fraction of sp³-hybridized carbons (Fsp3) is 0.605. The molecule has 3 rings (SSSR count). The number of benzene rings is 2. The summed E-state index contributed by atoms with van der Waals surface area (Å²) < 4.78 is 37.6. The van der Waals surface area contributed by atoms with Crippen molar-refractivity contribution in [2.24, 2.45) is 0 Å². The Morgan fingerprint density at radius 3 is 2.04 bits per heavy atom. The minimum absolute atomic E-state index is 0.0105. The van der Waals surface area contributed by atoms with Crippen molar-refractivity contribution in [1.29, 1.82) is 5.26 Å². The molecule has 1 heterocycles. The van der Waals surface area contributed by atoms with Gasteiger partial charge in [0.25, 0.3) is 0 Å². The van der Waals surface area contributed by atoms with Gasteiger partial charge in [0.2, 0.25) is 0 Å². The fourth-order valence-electron chi connectivity index (χ4n) is 5.75. The molecule has 0 radical (unpaired) electrons. The van der Waals surface area contributed by atoms with E-state index in [9.17, 15) is 9.83 Å². The Balaban J connectivity index is 1.41. The molecule has 0 aliphatic rings. The van der Waals surface area contributed by atoms with Gasteiger partial charge in [0, 0.05) is 7.11 Å². The molecule has 0 aliphatic carbocycles. The summed E-state index contributed by atoms with van der Waals surface area (Å²) in [7, 11) is -2.66. The normalized spacial score (nSPS) is 13.2. The second-order valence-electron chi connectivity index (χ2n) is 12.6. The van der Waals surface area contributed by atoms with E-state index in [1.807, 2.05) is 12.1 Å². The third-order valence-electron chi connectivity index (χ3n) is 8.65. The van der Waals surface area contributed by atoms with Gasteiger partial charge in [-0.25, -0.2) is 14.2 Å². The van der Waals surface area contributed by atoms with Crippen LogP contribution in [0.5, 0.6) is 5.75 Å². The lowest BCUT2D eigenvalue weighted by molar-refractivity contribution is -0.00435. The second kappa shape index (κ2) is 24.4. The van der Waals surface area contributed by atoms with Crippen molar-refractivity contribution in [3.8, 4) is 17.5 Å². The Labute approximate surface area is 299 Å². The number of hydrogen-bond donors (Lipinski definition) is 0. The molecule has 0 aliphatic heterocycles. The highest BCUT2D eigenvalue weighted by molar-refractivity contribution is 7.48. The molecule has 9 nitrogen and oxygen atoms in total. The minimum atomic E-state index is -3.95. The summed E-state index contributed by atoms with van der Waals surface area (Å²) in [4.78, 5) is 3.97. The first-order chi connectivity index (χ1) is 24.0. The van der Waals surface area contributed by atoms with Crippen LogP contribution in [0.3, 0.4) is 0 Å². The maximum atomic E-state index is 13.3. The lowest BCUT2D eigenvalue weighted by atomic mass is 10.0. The predicted octanol–water partition coefficient (Wildman–Crippen LogP) is 11.6. The van der Waals surface area contributed by atoms with Crippen molar-refractivity contribution in [1.82, 2.24) is 14.8 Å². The number of rotatable bonds is 28. The van der Waals surface area contributed by atoms with Gasteiger partial charge in [-0.2, -0.15) is 10.4 Å². The average molecular weight is 715 g/mol. The van der Waals surface area contributed by atoms with Crippen molar-refractivity contribution in [2.45, 2.75) is 135 Å². The van der Waals surface area contributed by atoms with Gasteiger partial charge in [0.05, 0.1) is 35.6 Å². The Morgan fingerprint density at radius 1 is 0.878 bits per heavy atom. The second-order valence-corrected chi connectivity index (χ2v) is 14.7. The molecule has 0 saturated heterocycles. The minimum Gasteiger partial charge on any atom is -0.402 e. The van der Waals surface area contributed by atoms with Crippen LogP contribution < -0.4 is 4.52 Å². The summed E-state index contributed by atoms with van der Waals surface area (Å²) >= 11 is 6.21. The fourth-order valence-corrected chi connectivity index (χ4v) is 6.96. The van der Waals surface area contributed by atoms with Gasteiger partial charge >= 0.3 is 7.82 Å². The number of para-hydroxylation sites is 1. The summed E-state index contributed by atoms with van der Waals surface area (Å²) in [6, 6.07) is 14.5. The molecular weight excluding hydrogens is 659 g/mol. The Kier molecular flexibility index (Phi) is 20.3. The molecule has 0 spiro atoms. The Bertz CT molecular complexity index is 1400. The molecule has 270 valence electrons. The van der Waals surface area contributed by atoms with Gasteiger partial charge in [-0.15, -0.1) is 0 Å². The van der Waals surface area contributed by atoms with Crippen molar-refractivity contribution < 1.29 is 22.9 Å². The first kappa shape index (κ1) is 40.7. The third-order valence-corrected chi connectivity index (χ3v) is 10.3. The molecule has 0 amide bonds. The zero-order chi connectivity index (χ0) is 35.0. The first-order valence-corrected chi connectivity index (χ1v) is 20.1. The highest BCUT2D eigenvalue weighted by atomic mass is 35.5. The summed E-state index contributed by atoms with van der Waals surface area (Å²) in [5, 5.41) is 14.2. The molecule has 0 bridgehead atoms. The van der Waals surface area contributed by atoms with E-state index >= 15 is 0 Å². The lowest BCUT2D eigenvalue weighted by Gasteiger charge is -2.22. The molecule has 3 aromatic rings. The van der Waals surface area contributed by atoms with Crippen LogP contribution in [0.15, 0.2) is 55.1 Å². The number of phosphoric acid groups is 1. The summed E-state index contributed by atoms with van der Waals surface area (Å²) in [5.74, 6) is 0.219. The molecular formula is C38H56ClN4O5P. The topological polar surface area (TPSA) is 108 Å². The summed E-state index contributed by atoms with van der Waals surface area (Å²) in [6.07, 6.45) is 25.6. The van der Waals surface area contributed by atoms with Gasteiger partial charge in [-0.1, -0.05) is 146 Å². The zero-order valence-corrected chi connectivity index (χ0v) is 31.2. The van der Waals surface area contributed by atoms with Gasteiger partial charge in [0.1, 0.15) is 24.5 Å². The molecule has 0 fully saturated rings. The molecule has 0 saturated carbocycles. The van der Waals surface area contributed by atoms with Crippen LogP contribution in [0.25, 0.3) is 5.69 Å². The molecule has 49 heavy (non-hydrogen) atoms. The van der Waals surface area contributed by atoms with Crippen molar-refractivity contribution in [3.63, 3.8) is 0 Å². The summed E-state index contributed by atoms with van der Waals surface area (Å²) in [6.45, 7) is 2.54. The van der Waals surface area contributed by atoms with E-state index < -0.39 is 7.82 Å². The van der Waals surface area contributed by atoms with Crippen LogP contribution >= 0.6 is 19.4 Å². The number of nitrogens with zero attached hydrogens (tertiary/aromatic N) is 4. The number of unbranched alkanes of at least 4 members (excludes halogenated alkanes) is 16. The van der Waals surface area contributed by atoms with E-state index in [4.69, 9.17) is 29.9 Å². The van der Waals surface area contributed by atoms with E-state index in [1.165, 1.54) is 110 Å². The van der Waals surface area contributed by atoms with Crippen LogP contribution in [0.4, 0.5) is 0 Å². The Morgan fingerprint density at radius 2 is 1.49 bits per heavy atom. The van der Waals surface area contributed by atoms with Crippen molar-refractivity contribution in [2.75, 3.05) is 13.7 Å². The number of ether oxygens (including phenoxy) is 1. The van der Waals surface area contributed by atoms with E-state index in [2.05, 4.69) is 23.1 Å². The quantitative estimate of drug-likeness (QED) is 0.0540. The molecule has 1 aromatic heterocycles. The van der Waals surface area contributed by atoms with Crippen molar-refractivity contribution >= 4 is 19.4 Å². The van der Waals surface area contributed by atoms with Gasteiger partial charge in [-0.3, -0.25) is 9.05 Å². The van der Waals surface area contributed by atoms with Crippen LogP contribution in [-0.2, 0) is 25.0 Å². The smallest absolute Gasteiger partial charge is 0.402 e. The third kappa shape index (κ3) is 16.2. The number of phosphoric ester groups is 1. The number of aromatic nitrogens is 3. The molecule has 11 heteroatoms. The highest BCUT2D eigenvalue weighted by Gasteiger charge is 2.29. The lowest BCUT2D eigenvalue weighted by Crippen LogP contribution is -2.20. The van der Waals surface area contributed by atoms with E-state index in [-0.39, 0.29) is 25.1 Å². The standard InChI is InChI=1S/C38H56ClN4O5P/c1-3-4-5-6-7-8-9-10-11-12-13-14-15-16-17-18-19-22-35(30-47-49(44,45-2)48-38-24-21-20-23-36(38)39)46-29-33-25-26-37(34(27-33)28-40)43-32-41-31-42-43/h20-21,23-27,31-32,35H,3-19,22,29-30H2,1-2H3/t35-,49?/m1/s1. The van der Waals surface area contributed by atoms with E-state index in [1.54, 1.807) is 41.3 Å². The first-order valence-electron chi connectivity index (χ1n) is 18.2. The molecule has 2 atom stereocenters. The van der Waals surface area contributed by atoms with Crippen molar-refractivity contribution in [3.05, 3.63) is 71.3 Å². The molecule has 0 N–H and O–H groups in total. The maximum Gasteiger partial charge on any atom is 0.529 e.